The number of nitrogens with one attached hydrogen (secondary N) is 1. The van der Waals surface area contributed by atoms with Crippen LogP contribution in [0.4, 0.5) is 11.4 Å². The number of hydrogen-bond acceptors (Lipinski definition) is 3. The van der Waals surface area contributed by atoms with Gasteiger partial charge in [-0.3, -0.25) is 9.59 Å². The standard InChI is InChI=1S/C27H26N2O2/c1-16-6-10-22(11-7-16)28-25-24(21-9-8-19(4)20(5)15-21)26(30)29(27(25)31)23-13-17(2)12-18(3)14-23/h6-15,28H,1-5H3. The Morgan fingerprint density at radius 1 is 0.645 bits per heavy atom. The minimum atomic E-state index is -0.344. The molecule has 1 aliphatic heterocycles. The zero-order chi connectivity index (χ0) is 22.3. The molecule has 31 heavy (non-hydrogen) atoms. The monoisotopic (exact) mass is 410 g/mol. The maximum Gasteiger partial charge on any atom is 0.282 e. The fraction of sp³-hybridized carbons (Fsp3) is 0.185. The molecule has 0 bridgehead atoms. The van der Waals surface area contributed by atoms with Gasteiger partial charge in [-0.1, -0.05) is 42.0 Å². The Kier molecular flexibility index (Phi) is 5.24. The number of rotatable bonds is 4. The average molecular weight is 411 g/mol. The van der Waals surface area contributed by atoms with Crippen molar-refractivity contribution >= 4 is 28.8 Å². The zero-order valence-corrected chi connectivity index (χ0v) is 18.5. The van der Waals surface area contributed by atoms with E-state index in [1.54, 1.807) is 0 Å². The number of nitrogens with zero attached hydrogens (tertiary/aromatic N) is 1. The number of hydrogen-bond donors (Lipinski definition) is 1. The molecule has 0 saturated carbocycles. The molecule has 0 aromatic heterocycles. The van der Waals surface area contributed by atoms with Crippen molar-refractivity contribution in [2.75, 3.05) is 10.2 Å². The lowest BCUT2D eigenvalue weighted by Gasteiger charge is -2.17. The van der Waals surface area contributed by atoms with Gasteiger partial charge in [0, 0.05) is 5.69 Å². The van der Waals surface area contributed by atoms with E-state index in [4.69, 9.17) is 0 Å². The molecule has 156 valence electrons. The summed E-state index contributed by atoms with van der Waals surface area (Å²) in [5.74, 6) is -0.656. The van der Waals surface area contributed by atoms with E-state index in [1.165, 1.54) is 4.90 Å². The van der Waals surface area contributed by atoms with Crippen molar-refractivity contribution in [3.8, 4) is 0 Å². The normalized spacial score (nSPS) is 13.9. The lowest BCUT2D eigenvalue weighted by atomic mass is 9.99. The zero-order valence-electron chi connectivity index (χ0n) is 18.5. The summed E-state index contributed by atoms with van der Waals surface area (Å²) in [6.07, 6.45) is 0. The van der Waals surface area contributed by atoms with Gasteiger partial charge in [0.25, 0.3) is 11.8 Å². The Labute approximate surface area is 183 Å². The first-order valence-electron chi connectivity index (χ1n) is 10.4. The maximum absolute atomic E-state index is 13.6. The highest BCUT2D eigenvalue weighted by atomic mass is 16.2. The van der Waals surface area contributed by atoms with Crippen molar-refractivity contribution in [1.82, 2.24) is 0 Å². The van der Waals surface area contributed by atoms with Gasteiger partial charge in [-0.2, -0.15) is 0 Å². The molecule has 0 spiro atoms. The van der Waals surface area contributed by atoms with Crippen LogP contribution >= 0.6 is 0 Å². The van der Waals surface area contributed by atoms with Gasteiger partial charge in [0.2, 0.25) is 0 Å². The summed E-state index contributed by atoms with van der Waals surface area (Å²) >= 11 is 0. The highest BCUT2D eigenvalue weighted by molar-refractivity contribution is 6.46. The Hall–Kier alpha value is -3.66. The molecule has 4 nitrogen and oxygen atoms in total. The van der Waals surface area contributed by atoms with Crippen molar-refractivity contribution in [2.45, 2.75) is 34.6 Å². The molecule has 1 heterocycles. The van der Waals surface area contributed by atoms with E-state index in [0.29, 0.717) is 17.0 Å². The first-order chi connectivity index (χ1) is 14.7. The van der Waals surface area contributed by atoms with Crippen LogP contribution < -0.4 is 10.2 Å². The third-order valence-electron chi connectivity index (χ3n) is 5.67. The molecule has 1 aliphatic rings. The van der Waals surface area contributed by atoms with Crippen LogP contribution in [-0.4, -0.2) is 11.8 Å². The molecule has 4 rings (SSSR count). The quantitative estimate of drug-likeness (QED) is 0.568. The number of amides is 2. The van der Waals surface area contributed by atoms with Gasteiger partial charge in [-0.15, -0.1) is 0 Å². The Morgan fingerprint density at radius 2 is 1.29 bits per heavy atom. The van der Waals surface area contributed by atoms with Gasteiger partial charge in [-0.25, -0.2) is 4.90 Å². The Balaban J connectivity index is 1.85. The van der Waals surface area contributed by atoms with Gasteiger partial charge >= 0.3 is 0 Å². The van der Waals surface area contributed by atoms with Crippen molar-refractivity contribution in [3.05, 3.63) is 99.7 Å². The molecule has 3 aromatic rings. The summed E-state index contributed by atoms with van der Waals surface area (Å²) in [6, 6.07) is 19.4. The van der Waals surface area contributed by atoms with Gasteiger partial charge in [0.15, 0.2) is 0 Å². The fourth-order valence-corrected chi connectivity index (χ4v) is 3.91. The average Bonchev–Trinajstić information content (AvgIpc) is 2.95. The van der Waals surface area contributed by atoms with E-state index in [1.807, 2.05) is 95.3 Å². The van der Waals surface area contributed by atoms with E-state index in [2.05, 4.69) is 5.32 Å². The van der Waals surface area contributed by atoms with Gasteiger partial charge in [-0.05, 0) is 86.7 Å². The number of anilines is 2. The summed E-state index contributed by atoms with van der Waals surface area (Å²) in [5, 5.41) is 3.23. The van der Waals surface area contributed by atoms with Crippen molar-refractivity contribution < 1.29 is 9.59 Å². The Morgan fingerprint density at radius 3 is 1.90 bits per heavy atom. The molecule has 1 N–H and O–H groups in total. The third-order valence-corrected chi connectivity index (χ3v) is 5.67. The second-order valence-corrected chi connectivity index (χ2v) is 8.33. The molecule has 3 aromatic carbocycles. The molecule has 0 unspecified atom stereocenters. The molecule has 0 radical (unpaired) electrons. The molecule has 0 atom stereocenters. The van der Waals surface area contributed by atoms with Crippen LogP contribution in [0.3, 0.4) is 0 Å². The summed E-state index contributed by atoms with van der Waals surface area (Å²) in [6.45, 7) is 9.97. The predicted molar refractivity (Wildman–Crippen MR) is 126 cm³/mol. The highest BCUT2D eigenvalue weighted by Crippen LogP contribution is 2.35. The largest absolute Gasteiger partial charge is 0.350 e. The first-order valence-corrected chi connectivity index (χ1v) is 10.4. The van der Waals surface area contributed by atoms with Gasteiger partial charge in [0.05, 0.1) is 11.3 Å². The summed E-state index contributed by atoms with van der Waals surface area (Å²) < 4.78 is 0. The number of carbonyl (C=O) groups is 2. The van der Waals surface area contributed by atoms with Crippen LogP contribution in [0.25, 0.3) is 5.57 Å². The third kappa shape index (κ3) is 3.89. The summed E-state index contributed by atoms with van der Waals surface area (Å²) in [4.78, 5) is 28.4. The number of carbonyl (C=O) groups excluding carboxylic acids is 2. The molecule has 0 saturated heterocycles. The second kappa shape index (κ2) is 7.88. The molecule has 0 fully saturated rings. The second-order valence-electron chi connectivity index (χ2n) is 8.33. The molecular formula is C27H26N2O2. The number of imide groups is 1. The topological polar surface area (TPSA) is 49.4 Å². The van der Waals surface area contributed by atoms with Crippen LogP contribution in [0.5, 0.6) is 0 Å². The number of aryl methyl sites for hydroxylation is 5. The van der Waals surface area contributed by atoms with Crippen LogP contribution in [0, 0.1) is 34.6 Å². The highest BCUT2D eigenvalue weighted by Gasteiger charge is 2.40. The van der Waals surface area contributed by atoms with E-state index in [0.717, 1.165) is 39.1 Å². The van der Waals surface area contributed by atoms with Crippen molar-refractivity contribution in [3.63, 3.8) is 0 Å². The van der Waals surface area contributed by atoms with Crippen LogP contribution in [0.2, 0.25) is 0 Å². The van der Waals surface area contributed by atoms with Crippen molar-refractivity contribution in [2.24, 2.45) is 0 Å². The Bertz CT molecular complexity index is 1220. The smallest absolute Gasteiger partial charge is 0.282 e. The fourth-order valence-electron chi connectivity index (χ4n) is 3.91. The molecule has 0 aliphatic carbocycles. The minimum Gasteiger partial charge on any atom is -0.350 e. The van der Waals surface area contributed by atoms with E-state index in [-0.39, 0.29) is 11.8 Å². The maximum atomic E-state index is 13.6. The van der Waals surface area contributed by atoms with Crippen LogP contribution in [0.15, 0.2) is 66.4 Å². The van der Waals surface area contributed by atoms with E-state index >= 15 is 0 Å². The molecule has 4 heteroatoms. The van der Waals surface area contributed by atoms with E-state index < -0.39 is 0 Å². The van der Waals surface area contributed by atoms with Gasteiger partial charge < -0.3 is 5.32 Å². The van der Waals surface area contributed by atoms with E-state index in [9.17, 15) is 9.59 Å². The summed E-state index contributed by atoms with van der Waals surface area (Å²) in [5.41, 5.74) is 8.14. The lowest BCUT2D eigenvalue weighted by Crippen LogP contribution is -2.32. The van der Waals surface area contributed by atoms with Gasteiger partial charge in [0.1, 0.15) is 5.70 Å². The van der Waals surface area contributed by atoms with Crippen LogP contribution in [0.1, 0.15) is 33.4 Å². The van der Waals surface area contributed by atoms with Crippen molar-refractivity contribution in [1.29, 1.82) is 0 Å². The molecular weight excluding hydrogens is 384 g/mol. The predicted octanol–water partition coefficient (Wildman–Crippen LogP) is 5.63. The minimum absolute atomic E-state index is 0.302. The van der Waals surface area contributed by atoms with Crippen LogP contribution in [-0.2, 0) is 9.59 Å². The summed E-state index contributed by atoms with van der Waals surface area (Å²) in [7, 11) is 0. The molecule has 2 amide bonds. The lowest BCUT2D eigenvalue weighted by molar-refractivity contribution is -0.120. The number of benzene rings is 3. The first kappa shape index (κ1) is 20.6. The SMILES string of the molecule is Cc1ccc(NC2=C(c3ccc(C)c(C)c3)C(=O)N(c3cc(C)cc(C)c3)C2=O)cc1.